The summed E-state index contributed by atoms with van der Waals surface area (Å²) in [4.78, 5) is 44.3. The van der Waals surface area contributed by atoms with E-state index < -0.39 is 211 Å². The summed E-state index contributed by atoms with van der Waals surface area (Å²) in [5, 5.41) is 2.81. The van der Waals surface area contributed by atoms with E-state index in [1.54, 1.807) is 0 Å². The Morgan fingerprint density at radius 3 is 2.84 bits per heavy atom. The maximum atomic E-state index is 14.7. The van der Waals surface area contributed by atoms with Crippen molar-refractivity contribution in [2.45, 2.75) is 83.0 Å². The van der Waals surface area contributed by atoms with Crippen molar-refractivity contribution >= 4 is 23.0 Å². The Bertz CT molecular complexity index is 3290. The Morgan fingerprint density at radius 2 is 2.07 bits per heavy atom. The molecule has 10 nitrogen and oxygen atoms in total. The normalized spacial score (nSPS) is 50.0. The number of aliphatic hydroxyl groups is 1. The second kappa shape index (κ2) is 10.7. The van der Waals surface area contributed by atoms with Crippen molar-refractivity contribution < 1.29 is 74.9 Å². The molecule has 3 aromatic rings. The molecule has 226 valence electrons. The van der Waals surface area contributed by atoms with Crippen LogP contribution < -0.4 is 10.3 Å². The summed E-state index contributed by atoms with van der Waals surface area (Å²) in [6.07, 6.45) is -34.6. The lowest BCUT2D eigenvalue weighted by molar-refractivity contribution is -0.172. The van der Waals surface area contributed by atoms with Gasteiger partial charge in [0.1, 0.15) is 12.3 Å². The van der Waals surface area contributed by atoms with Crippen LogP contribution in [0.15, 0.2) is 29.0 Å². The zero-order valence-electron chi connectivity index (χ0n) is 58.7. The first-order valence-corrected chi connectivity index (χ1v) is 11.6. The van der Waals surface area contributed by atoms with Crippen LogP contribution in [-0.2, 0) is 34.6 Å². The van der Waals surface area contributed by atoms with Gasteiger partial charge in [-0.3, -0.25) is 4.79 Å². The lowest BCUT2D eigenvalue weighted by Crippen LogP contribution is -2.48. The number of hydrogen-bond donors (Lipinski definition) is 1. The van der Waals surface area contributed by atoms with Crippen molar-refractivity contribution in [3.8, 4) is 17.1 Å². The lowest BCUT2D eigenvalue weighted by atomic mass is 9.86. The molecule has 0 saturated carbocycles. The van der Waals surface area contributed by atoms with E-state index in [-0.39, 0.29) is 4.57 Å². The summed E-state index contributed by atoms with van der Waals surface area (Å²) in [6.45, 7) is -35.3. The number of likely N-dealkylation sites (tertiary alicyclic amines) is 2. The Labute approximate surface area is 303 Å². The largest absolute Gasteiger partial charge is 0.458 e. The van der Waals surface area contributed by atoms with Gasteiger partial charge < -0.3 is 28.9 Å². The van der Waals surface area contributed by atoms with Crippen molar-refractivity contribution in [2.24, 2.45) is 0 Å². The van der Waals surface area contributed by atoms with Crippen molar-refractivity contribution in [2.75, 3.05) is 26.0 Å². The van der Waals surface area contributed by atoms with Crippen LogP contribution in [0.4, 0.5) is 4.79 Å². The van der Waals surface area contributed by atoms with E-state index in [1.807, 2.05) is 0 Å². The Morgan fingerprint density at radius 1 is 1.23 bits per heavy atom. The molecule has 2 saturated heterocycles. The summed E-state index contributed by atoms with van der Waals surface area (Å²) in [6, 6.07) is -12.0. The molecule has 1 amide bonds. The third-order valence-corrected chi connectivity index (χ3v) is 6.13. The molecule has 1 unspecified atom stereocenters. The molecule has 4 aliphatic heterocycles. The van der Waals surface area contributed by atoms with Crippen LogP contribution in [0.2, 0.25) is 0 Å². The molecule has 10 heteroatoms. The standard InChI is InChI=1S/C33H38N4O6/c1-3-22-23-16-21(43-32(40)36-14-10-20(11-15-36)35-12-6-5-7-13-35)8-9-27(23)34-29-24(22)18-37-28(29)17-26-25(30(37)38)19-42-31(39)33(26,41)4-2/h8-9,16-17,20,41H,3-7,10-15,18-19H2,1-2H3/i1D3,2D3,3D2,4D2,5D2,6D2,7D2,8D,9D,10D2,11D2,12D2,13D2,14D2,15D2,16D,17D,18D2,19D2,20D,41D. The van der Waals surface area contributed by atoms with E-state index in [4.69, 9.17) is 50.0 Å². The smallest absolute Gasteiger partial charge is 0.415 e. The summed E-state index contributed by atoms with van der Waals surface area (Å²) >= 11 is 0. The highest BCUT2D eigenvalue weighted by Gasteiger charge is 2.45. The number of carbonyl (C=O) groups excluding carboxylic acids is 2. The van der Waals surface area contributed by atoms with E-state index in [0.717, 1.165) is 0 Å². The number of nitrogens with zero attached hydrogens (tertiary/aromatic N) is 4. The van der Waals surface area contributed by atoms with Crippen molar-refractivity contribution in [1.29, 1.82) is 1.43 Å². The molecule has 43 heavy (non-hydrogen) atoms. The average molecular weight is 625 g/mol. The zero-order chi connectivity index (χ0) is 63.3. The minimum Gasteiger partial charge on any atom is -0.458 e. The lowest BCUT2D eigenvalue weighted by Gasteiger charge is -2.39. The van der Waals surface area contributed by atoms with Gasteiger partial charge in [0.05, 0.1) is 39.9 Å². The number of ether oxygens (including phenoxy) is 2. The maximum absolute atomic E-state index is 14.7. The fourth-order valence-electron chi connectivity index (χ4n) is 4.15. The maximum Gasteiger partial charge on any atom is 0.415 e. The van der Waals surface area contributed by atoms with E-state index in [9.17, 15) is 21.2 Å². The molecule has 1 N–H and O–H groups in total. The van der Waals surface area contributed by atoms with Crippen LogP contribution in [0.1, 0.15) is 125 Å². The van der Waals surface area contributed by atoms with E-state index in [1.165, 1.54) is 0 Å². The van der Waals surface area contributed by atoms with Crippen LogP contribution in [0.3, 0.4) is 0 Å². The number of piperidine rings is 2. The second-order valence-corrected chi connectivity index (χ2v) is 8.50. The minimum atomic E-state index is -5.05. The number of benzene rings is 1. The Kier molecular flexibility index (Phi) is 2.07. The first-order chi connectivity index (χ1) is 35.6. The van der Waals surface area contributed by atoms with E-state index in [2.05, 4.69) is 14.8 Å². The molecule has 0 aliphatic carbocycles. The third-order valence-electron chi connectivity index (χ3n) is 6.13. The van der Waals surface area contributed by atoms with Gasteiger partial charge >= 0.3 is 12.1 Å². The van der Waals surface area contributed by atoms with Crippen molar-refractivity contribution in [1.82, 2.24) is 19.4 Å². The molecular formula is C33H38N4O6. The number of aromatic nitrogens is 2. The zero-order valence-corrected chi connectivity index (χ0v) is 20.7. The van der Waals surface area contributed by atoms with E-state index in [0.29, 0.717) is 0 Å². The molecule has 1 atom stereocenters. The van der Waals surface area contributed by atoms with Gasteiger partial charge in [0.2, 0.25) is 1.43 Å². The number of pyridine rings is 2. The first-order valence-electron chi connectivity index (χ1n) is 30.5. The van der Waals surface area contributed by atoms with Crippen molar-refractivity contribution in [3.05, 3.63) is 56.8 Å². The number of aryl methyl sites for hydroxylation is 1. The Balaban J connectivity index is 1.54. The SMILES string of the molecule is [2H]OC1(C([2H])([2H])C([2H])([2H])[2H])C(=O)OC([2H])([2H])c2c1c([2H])c1n(c2=O)C([2H])([2H])c2c-1nc1c([2H])c([2H])c(OC(=O)N3C([2H])([2H])C([2H])([2H])C([2H])(N4C([2H])([2H])C([2H])([2H])C([2H])([2H])C([2H])([2H])C4([2H])[2H])C([2H])([2H])C3([2H])[2H])c([2H])c1c2C([2H])([2H])C([2H])([2H])[2H]. The van der Waals surface area contributed by atoms with Gasteiger partial charge in [0.15, 0.2) is 5.60 Å². The predicted octanol–water partition coefficient (Wildman–Crippen LogP) is 4.09. The van der Waals surface area contributed by atoms with Gasteiger partial charge in [-0.25, -0.2) is 14.6 Å². The fourth-order valence-corrected chi connectivity index (χ4v) is 4.15. The second-order valence-electron chi connectivity index (χ2n) is 8.50. The highest BCUT2D eigenvalue weighted by atomic mass is 16.6. The van der Waals surface area contributed by atoms with Gasteiger partial charge in [-0.2, -0.15) is 0 Å². The van der Waals surface area contributed by atoms with Crippen LogP contribution in [0, 0.1) is 0 Å². The first kappa shape index (κ1) is 8.28. The number of rotatable bonds is 5. The highest BCUT2D eigenvalue weighted by molar-refractivity contribution is 5.90. The molecular weight excluding hydrogens is 548 g/mol. The highest BCUT2D eigenvalue weighted by Crippen LogP contribution is 2.40. The molecule has 0 radical (unpaired) electrons. The summed E-state index contributed by atoms with van der Waals surface area (Å²) in [7, 11) is 0. The van der Waals surface area contributed by atoms with Crippen LogP contribution >= 0.6 is 0 Å². The number of esters is 1. The molecule has 1 aromatic carbocycles. The summed E-state index contributed by atoms with van der Waals surface area (Å²) < 4.78 is 335. The number of amides is 1. The predicted molar refractivity (Wildman–Crippen MR) is 160 cm³/mol. The number of carbonyl (C=O) groups is 2. The van der Waals surface area contributed by atoms with Gasteiger partial charge in [-0.1, -0.05) is 20.1 Å². The molecule has 0 spiro atoms. The van der Waals surface area contributed by atoms with Crippen LogP contribution in [0.5, 0.6) is 5.75 Å². The molecule has 2 aromatic heterocycles. The van der Waals surface area contributed by atoms with Gasteiger partial charge in [0, 0.05) is 75.3 Å². The molecule has 0 bridgehead atoms. The summed E-state index contributed by atoms with van der Waals surface area (Å²) in [5.41, 5.74) is -17.6. The molecule has 2 fully saturated rings. The van der Waals surface area contributed by atoms with Gasteiger partial charge in [-0.05, 0) is 81.0 Å². The van der Waals surface area contributed by atoms with Gasteiger partial charge in [0.25, 0.3) is 5.56 Å². The monoisotopic (exact) mass is 625 g/mol. The van der Waals surface area contributed by atoms with Crippen molar-refractivity contribution in [3.63, 3.8) is 0 Å². The Hall–Kier alpha value is -3.76. The molecule has 4 aliphatic rings. The van der Waals surface area contributed by atoms with Crippen LogP contribution in [-0.4, -0.2) is 70.0 Å². The summed E-state index contributed by atoms with van der Waals surface area (Å²) in [5.74, 6) is -4.29. The quantitative estimate of drug-likeness (QED) is 0.423. The molecule has 7 rings (SSSR count). The topological polar surface area (TPSA) is 114 Å². The average Bonchev–Trinajstić information content (AvgIpc) is 3.51. The van der Waals surface area contributed by atoms with Gasteiger partial charge in [-0.15, -0.1) is 0 Å². The number of cyclic esters (lactones) is 1. The third kappa shape index (κ3) is 4.53. The molecule has 6 heterocycles. The minimum absolute atomic E-state index is 0.288. The van der Waals surface area contributed by atoms with E-state index >= 15 is 0 Å². The number of fused-ring (bicyclic) bond motifs is 5. The number of hydrogen-bond acceptors (Lipinski definition) is 8. The fraction of sp³-hybridized carbons (Fsp3) is 0.515. The van der Waals surface area contributed by atoms with Crippen LogP contribution in [0.25, 0.3) is 22.3 Å².